The first-order valence-electron chi connectivity index (χ1n) is 9.45. The summed E-state index contributed by atoms with van der Waals surface area (Å²) in [4.78, 5) is 5.29. The molecule has 2 heterocycles. The lowest BCUT2D eigenvalue weighted by molar-refractivity contribution is 0.132. The highest BCUT2D eigenvalue weighted by Gasteiger charge is 2.22. The number of nitrogens with zero attached hydrogens (tertiary/aromatic N) is 2. The molecule has 2 fully saturated rings. The second-order valence-electron chi connectivity index (χ2n) is 7.67. The van der Waals surface area contributed by atoms with Gasteiger partial charge in [0.05, 0.1) is 0 Å². The maximum Gasteiger partial charge on any atom is 0.0233 e. The number of hydrogen-bond acceptors (Lipinski definition) is 3. The molecule has 0 amide bonds. The number of likely N-dealkylation sites (tertiary alicyclic amines) is 1. The van der Waals surface area contributed by atoms with Crippen molar-refractivity contribution in [3.8, 4) is 0 Å². The molecule has 0 atom stereocenters. The fraction of sp³-hybridized carbons (Fsp3) is 0.700. The normalized spacial score (nSPS) is 21.9. The zero-order valence-electron chi connectivity index (χ0n) is 14.9. The maximum absolute atomic E-state index is 3.45. The third kappa shape index (κ3) is 5.03. The van der Waals surface area contributed by atoms with E-state index in [4.69, 9.17) is 0 Å². The summed E-state index contributed by atoms with van der Waals surface area (Å²) < 4.78 is 0. The molecule has 23 heavy (non-hydrogen) atoms. The van der Waals surface area contributed by atoms with Crippen LogP contribution in [0.25, 0.3) is 0 Å². The molecule has 0 unspecified atom stereocenters. The summed E-state index contributed by atoms with van der Waals surface area (Å²) in [5.41, 5.74) is 2.92. The van der Waals surface area contributed by atoms with E-state index in [2.05, 4.69) is 53.2 Å². The van der Waals surface area contributed by atoms with Crippen LogP contribution < -0.4 is 5.32 Å². The highest BCUT2D eigenvalue weighted by molar-refractivity contribution is 5.24. The van der Waals surface area contributed by atoms with Crippen LogP contribution in [-0.4, -0.2) is 55.6 Å². The SMILES string of the molecule is CC(C)c1ccc(CN2CCC(CN3CCNCC3)CC2)cc1. The van der Waals surface area contributed by atoms with Crippen molar-refractivity contribution in [2.24, 2.45) is 5.92 Å². The molecule has 2 aliphatic rings. The van der Waals surface area contributed by atoms with E-state index in [1.54, 1.807) is 0 Å². The fourth-order valence-electron chi connectivity index (χ4n) is 3.85. The summed E-state index contributed by atoms with van der Waals surface area (Å²) in [7, 11) is 0. The van der Waals surface area contributed by atoms with Crippen LogP contribution in [0.4, 0.5) is 0 Å². The van der Waals surface area contributed by atoms with Crippen LogP contribution in [0.5, 0.6) is 0 Å². The third-order valence-electron chi connectivity index (χ3n) is 5.49. The fourth-order valence-corrected chi connectivity index (χ4v) is 3.85. The summed E-state index contributed by atoms with van der Waals surface area (Å²) >= 11 is 0. The number of piperazine rings is 1. The zero-order valence-corrected chi connectivity index (χ0v) is 14.9. The predicted molar refractivity (Wildman–Crippen MR) is 97.8 cm³/mol. The van der Waals surface area contributed by atoms with Gasteiger partial charge in [-0.05, 0) is 48.9 Å². The monoisotopic (exact) mass is 315 g/mol. The van der Waals surface area contributed by atoms with E-state index >= 15 is 0 Å². The average molecular weight is 316 g/mol. The molecule has 0 bridgehead atoms. The highest BCUT2D eigenvalue weighted by atomic mass is 15.2. The van der Waals surface area contributed by atoms with Crippen molar-refractivity contribution in [1.82, 2.24) is 15.1 Å². The topological polar surface area (TPSA) is 18.5 Å². The van der Waals surface area contributed by atoms with Gasteiger partial charge in [-0.25, -0.2) is 0 Å². The van der Waals surface area contributed by atoms with Gasteiger partial charge in [0, 0.05) is 39.3 Å². The number of benzene rings is 1. The van der Waals surface area contributed by atoms with Crippen molar-refractivity contribution in [2.45, 2.75) is 39.2 Å². The molecule has 3 heteroatoms. The minimum Gasteiger partial charge on any atom is -0.314 e. The third-order valence-corrected chi connectivity index (χ3v) is 5.49. The smallest absolute Gasteiger partial charge is 0.0233 e. The Morgan fingerprint density at radius 3 is 2.22 bits per heavy atom. The van der Waals surface area contributed by atoms with Gasteiger partial charge >= 0.3 is 0 Å². The molecule has 0 aliphatic carbocycles. The van der Waals surface area contributed by atoms with Crippen molar-refractivity contribution in [2.75, 3.05) is 45.8 Å². The van der Waals surface area contributed by atoms with Gasteiger partial charge in [-0.1, -0.05) is 38.1 Å². The molecule has 3 nitrogen and oxygen atoms in total. The Hall–Kier alpha value is -0.900. The molecule has 0 radical (unpaired) electrons. The van der Waals surface area contributed by atoms with E-state index < -0.39 is 0 Å². The highest BCUT2D eigenvalue weighted by Crippen LogP contribution is 2.21. The predicted octanol–water partition coefficient (Wildman–Crippen LogP) is 2.93. The number of rotatable bonds is 5. The minimum atomic E-state index is 0.629. The van der Waals surface area contributed by atoms with Crippen LogP contribution in [0, 0.1) is 5.92 Å². The second kappa shape index (κ2) is 8.27. The number of nitrogens with one attached hydrogen (secondary N) is 1. The molecule has 1 aromatic carbocycles. The van der Waals surface area contributed by atoms with E-state index in [-0.39, 0.29) is 0 Å². The molecule has 0 spiro atoms. The summed E-state index contributed by atoms with van der Waals surface area (Å²) in [6.07, 6.45) is 2.74. The van der Waals surface area contributed by atoms with Crippen molar-refractivity contribution in [1.29, 1.82) is 0 Å². The van der Waals surface area contributed by atoms with Crippen molar-refractivity contribution in [3.63, 3.8) is 0 Å². The summed E-state index contributed by atoms with van der Waals surface area (Å²) in [6.45, 7) is 14.3. The van der Waals surface area contributed by atoms with Gasteiger partial charge in [0.15, 0.2) is 0 Å². The average Bonchev–Trinajstić information content (AvgIpc) is 2.58. The van der Waals surface area contributed by atoms with E-state index in [1.165, 1.54) is 69.8 Å². The lowest BCUT2D eigenvalue weighted by atomic mass is 9.95. The Kier molecular flexibility index (Phi) is 6.09. The molecule has 3 rings (SSSR count). The zero-order chi connectivity index (χ0) is 16.1. The lowest BCUT2D eigenvalue weighted by Crippen LogP contribution is -2.46. The van der Waals surface area contributed by atoms with Gasteiger partial charge in [-0.3, -0.25) is 4.90 Å². The van der Waals surface area contributed by atoms with Crippen LogP contribution in [0.15, 0.2) is 24.3 Å². The van der Waals surface area contributed by atoms with E-state index in [0.717, 1.165) is 12.5 Å². The van der Waals surface area contributed by atoms with Crippen LogP contribution in [0.3, 0.4) is 0 Å². The Morgan fingerprint density at radius 1 is 0.957 bits per heavy atom. The maximum atomic E-state index is 3.45. The molecular formula is C20H33N3. The van der Waals surface area contributed by atoms with Crippen molar-refractivity contribution in [3.05, 3.63) is 35.4 Å². The molecule has 0 aromatic heterocycles. The quantitative estimate of drug-likeness (QED) is 0.901. The summed E-state index contributed by atoms with van der Waals surface area (Å²) in [6, 6.07) is 9.25. The van der Waals surface area contributed by atoms with E-state index in [1.807, 2.05) is 0 Å². The van der Waals surface area contributed by atoms with Gasteiger partial charge in [0.25, 0.3) is 0 Å². The summed E-state index contributed by atoms with van der Waals surface area (Å²) in [5.74, 6) is 1.54. The second-order valence-corrected chi connectivity index (χ2v) is 7.67. The molecule has 128 valence electrons. The number of piperidine rings is 1. The number of hydrogen-bond donors (Lipinski definition) is 1. The molecule has 0 saturated carbocycles. The van der Waals surface area contributed by atoms with Crippen LogP contribution >= 0.6 is 0 Å². The first-order valence-corrected chi connectivity index (χ1v) is 9.45. The summed E-state index contributed by atoms with van der Waals surface area (Å²) in [5, 5.41) is 3.45. The van der Waals surface area contributed by atoms with Gasteiger partial charge in [-0.15, -0.1) is 0 Å². The Labute approximate surface area is 142 Å². The Balaban J connectivity index is 1.41. The van der Waals surface area contributed by atoms with Crippen molar-refractivity contribution >= 4 is 0 Å². The minimum absolute atomic E-state index is 0.629. The van der Waals surface area contributed by atoms with Crippen LogP contribution in [0.2, 0.25) is 0 Å². The van der Waals surface area contributed by atoms with Gasteiger partial charge in [-0.2, -0.15) is 0 Å². The van der Waals surface area contributed by atoms with E-state index in [9.17, 15) is 0 Å². The lowest BCUT2D eigenvalue weighted by Gasteiger charge is -2.36. The van der Waals surface area contributed by atoms with E-state index in [0.29, 0.717) is 5.92 Å². The molecule has 1 N–H and O–H groups in total. The first kappa shape index (κ1) is 16.9. The van der Waals surface area contributed by atoms with Crippen LogP contribution in [0.1, 0.15) is 43.7 Å². The largest absolute Gasteiger partial charge is 0.314 e. The molecule has 2 saturated heterocycles. The Bertz CT molecular complexity index is 454. The standard InChI is InChI=1S/C20H33N3/c1-17(2)20-5-3-18(4-6-20)15-22-11-7-19(8-12-22)16-23-13-9-21-10-14-23/h3-6,17,19,21H,7-16H2,1-2H3. The van der Waals surface area contributed by atoms with Gasteiger partial charge in [0.1, 0.15) is 0 Å². The molecular weight excluding hydrogens is 282 g/mol. The van der Waals surface area contributed by atoms with Gasteiger partial charge < -0.3 is 10.2 Å². The van der Waals surface area contributed by atoms with Gasteiger partial charge in [0.2, 0.25) is 0 Å². The molecule has 2 aliphatic heterocycles. The van der Waals surface area contributed by atoms with Crippen molar-refractivity contribution < 1.29 is 0 Å². The Morgan fingerprint density at radius 2 is 1.61 bits per heavy atom. The molecule has 1 aromatic rings. The van der Waals surface area contributed by atoms with Crippen LogP contribution in [-0.2, 0) is 6.54 Å². The first-order chi connectivity index (χ1) is 11.2.